The summed E-state index contributed by atoms with van der Waals surface area (Å²) in [7, 11) is -4.06. The number of thiophene rings is 1. The fraction of sp³-hybridized carbons (Fsp3) is 0.388. The number of ketones is 1. The molecule has 1 fully saturated rings. The number of sulfonamides is 1. The summed E-state index contributed by atoms with van der Waals surface area (Å²) < 4.78 is 45.5. The first-order valence-corrected chi connectivity index (χ1v) is 38.1. The van der Waals surface area contributed by atoms with Gasteiger partial charge in [-0.25, -0.2) is 22.9 Å². The van der Waals surface area contributed by atoms with Crippen molar-refractivity contribution >= 4 is 84.8 Å². The molecule has 534 valence electrons. The van der Waals surface area contributed by atoms with Gasteiger partial charge in [-0.2, -0.15) is 15.6 Å². The molecule has 0 radical (unpaired) electrons. The predicted molar refractivity (Wildman–Crippen MR) is 398 cm³/mol. The first-order valence-electron chi connectivity index (χ1n) is 35.7. The van der Waals surface area contributed by atoms with Gasteiger partial charge in [0, 0.05) is 108 Å². The Labute approximate surface area is 601 Å². The van der Waals surface area contributed by atoms with E-state index in [0.717, 1.165) is 89.6 Å². The van der Waals surface area contributed by atoms with Crippen LogP contribution in [-0.2, 0) is 47.5 Å². The minimum Gasteiger partial charge on any atom is -0.456 e. The number of rotatable bonds is 31. The maximum absolute atomic E-state index is 15.0. The zero-order chi connectivity index (χ0) is 72.1. The van der Waals surface area contributed by atoms with Gasteiger partial charge in [-0.15, -0.1) is 5.10 Å². The number of hydrogen-bond donors (Lipinski definition) is 4. The smallest absolute Gasteiger partial charge is 0.339 e. The van der Waals surface area contributed by atoms with Crippen LogP contribution in [0.2, 0.25) is 0 Å². The van der Waals surface area contributed by atoms with Crippen LogP contribution in [-0.4, -0.2) is 109 Å². The second-order valence-electron chi connectivity index (χ2n) is 27.1. The Morgan fingerprint density at radius 2 is 1.47 bits per heavy atom. The van der Waals surface area contributed by atoms with E-state index in [1.165, 1.54) is 25.9 Å². The number of carbonyl (C=O) groups is 6. The Kier molecular flexibility index (Phi) is 24.1. The van der Waals surface area contributed by atoms with Crippen molar-refractivity contribution in [3.8, 4) is 22.5 Å². The number of nitrogens with one attached hydrogen (secondary N) is 4. The lowest BCUT2D eigenvalue weighted by atomic mass is 9.85. The molecule has 11 rings (SSSR count). The third-order valence-corrected chi connectivity index (χ3v) is 22.5. The second-order valence-corrected chi connectivity index (χ2v) is 29.8. The van der Waals surface area contributed by atoms with E-state index < -0.39 is 40.0 Å². The number of aromatic nitrogens is 3. The van der Waals surface area contributed by atoms with Crippen molar-refractivity contribution in [3.05, 3.63) is 194 Å². The summed E-state index contributed by atoms with van der Waals surface area (Å²) in [5.74, 6) is -1.72. The number of Topliss-reactive ketones (excluding diaryl/α,β-unsaturated/α-hetero) is 1. The number of nitrogens with zero attached hydrogens (tertiary/aromatic N) is 6. The summed E-state index contributed by atoms with van der Waals surface area (Å²) in [6.07, 6.45) is 10.1. The number of carbonyl (C=O) groups excluding carboxylic acids is 6. The molecule has 0 bridgehead atoms. The van der Waals surface area contributed by atoms with E-state index in [1.807, 2.05) is 80.7 Å². The van der Waals surface area contributed by atoms with Gasteiger partial charge >= 0.3 is 5.97 Å². The lowest BCUT2D eigenvalue weighted by molar-refractivity contribution is -0.126. The Bertz CT molecular complexity index is 4650. The van der Waals surface area contributed by atoms with Crippen molar-refractivity contribution in [1.82, 2.24) is 40.6 Å². The van der Waals surface area contributed by atoms with Crippen molar-refractivity contribution < 1.29 is 46.3 Å². The highest BCUT2D eigenvalue weighted by Crippen LogP contribution is 2.45. The number of benzene rings is 6. The van der Waals surface area contributed by atoms with Crippen LogP contribution in [0.1, 0.15) is 170 Å². The molecule has 0 unspecified atom stereocenters. The van der Waals surface area contributed by atoms with E-state index in [4.69, 9.17) is 14.1 Å². The summed E-state index contributed by atoms with van der Waals surface area (Å²) in [6.45, 7) is 15.1. The Morgan fingerprint density at radius 3 is 2.22 bits per heavy atom. The normalized spacial score (nSPS) is 14.5. The van der Waals surface area contributed by atoms with Crippen molar-refractivity contribution in [2.75, 3.05) is 50.8 Å². The van der Waals surface area contributed by atoms with Gasteiger partial charge in [-0.1, -0.05) is 107 Å². The number of fused-ring (bicyclic) bond motifs is 3. The average Bonchev–Trinajstić information content (AvgIpc) is 0.788. The van der Waals surface area contributed by atoms with Crippen LogP contribution in [0, 0.1) is 25.7 Å². The first kappa shape index (κ1) is 73.6. The zero-order valence-corrected chi connectivity index (χ0v) is 60.9. The van der Waals surface area contributed by atoms with Gasteiger partial charge in [0.1, 0.15) is 23.1 Å². The molecule has 5 aromatic carbocycles. The molecule has 2 aromatic heterocycles. The minimum absolute atomic E-state index is 0.0711. The number of hydrogen-bond acceptors (Lipinski definition) is 15. The molecule has 0 saturated carbocycles. The molecule has 5 heterocycles. The maximum Gasteiger partial charge on any atom is 0.339 e. The molecule has 22 heteroatoms. The number of piperidine rings is 1. The molecule has 4 aliphatic rings. The summed E-state index contributed by atoms with van der Waals surface area (Å²) in [5, 5.41) is 25.9. The second kappa shape index (κ2) is 33.4. The van der Waals surface area contributed by atoms with Crippen LogP contribution in [0.5, 0.6) is 0 Å². The minimum atomic E-state index is -4.06. The van der Waals surface area contributed by atoms with Crippen molar-refractivity contribution in [2.45, 2.75) is 148 Å². The molecule has 0 spiro atoms. The standard InChI is InChI=1S/C80H92N10O10S2/c1-8-22-55-23-12-15-26-65(55)84-60-30-32-62-69(47-60)100-70-48-61(89-43-36-56-24-13-16-27-66(56)89)31-33-63(70)75(62)64-25-14-17-29-71(64)102(97,98)88-41-34-57(35-42-88)76(93)82-39-19-10-11-20-40-83-77(94)59-45-53(5)74(54(6)46-59)79(96)99-50-68(91)67(28-18-21-38-81-73(92)9-2)90-49-72(86-87-90)80(7,52(3)4)85-78(95)58-37-44-101-51-58/h12-17,23-27,29-33,37,44-49,51-52,57,67H,8-11,18-22,28,34-36,38-43,50H2,1-7H3,(H,81,92)(H,82,93)(H,83,94)(H,85,95)/b84-60+/t67-,80-/m0/s1. The number of unbranched alkanes of at least 4 members (excludes halogenated alkanes) is 4. The van der Waals surface area contributed by atoms with Crippen molar-refractivity contribution in [1.29, 1.82) is 0 Å². The lowest BCUT2D eigenvalue weighted by Gasteiger charge is -2.32. The van der Waals surface area contributed by atoms with Gasteiger partial charge in [0.25, 0.3) is 11.8 Å². The predicted octanol–water partition coefficient (Wildman–Crippen LogP) is 13.8. The molecular weight excluding hydrogens is 1330 g/mol. The number of ether oxygens (including phenoxy) is 1. The number of aryl methyl sites for hydroxylation is 3. The van der Waals surface area contributed by atoms with E-state index >= 15 is 8.42 Å². The molecule has 2 atom stereocenters. The number of para-hydroxylation sites is 2. The molecular formula is C80H92N10O10S2. The van der Waals surface area contributed by atoms with Gasteiger partial charge in [0.2, 0.25) is 21.8 Å². The van der Waals surface area contributed by atoms with Crippen LogP contribution >= 0.6 is 11.3 Å². The first-order chi connectivity index (χ1) is 49.3. The molecule has 20 nitrogen and oxygen atoms in total. The molecule has 4 N–H and O–H groups in total. The highest BCUT2D eigenvalue weighted by molar-refractivity contribution is 7.89. The van der Waals surface area contributed by atoms with Crippen molar-refractivity contribution in [2.24, 2.45) is 16.8 Å². The molecule has 1 aliphatic carbocycles. The van der Waals surface area contributed by atoms with Gasteiger partial charge < -0.3 is 35.3 Å². The third-order valence-electron chi connectivity index (χ3n) is 19.9. The summed E-state index contributed by atoms with van der Waals surface area (Å²) in [6, 6.07) is 40.0. The largest absolute Gasteiger partial charge is 0.456 e. The molecule has 4 amide bonds. The molecule has 102 heavy (non-hydrogen) atoms. The lowest BCUT2D eigenvalue weighted by Crippen LogP contribution is -2.47. The fourth-order valence-corrected chi connectivity index (χ4v) is 16.1. The van der Waals surface area contributed by atoms with Gasteiger partial charge in [0.15, 0.2) is 12.4 Å². The van der Waals surface area contributed by atoms with Crippen LogP contribution in [0.4, 0.5) is 17.1 Å². The highest BCUT2D eigenvalue weighted by atomic mass is 32.2. The van der Waals surface area contributed by atoms with E-state index in [-0.39, 0.29) is 59.0 Å². The highest BCUT2D eigenvalue weighted by Gasteiger charge is 2.38. The summed E-state index contributed by atoms with van der Waals surface area (Å²) in [4.78, 5) is 87.5. The monoisotopic (exact) mass is 1420 g/mol. The molecule has 7 aromatic rings. The number of amides is 4. The average molecular weight is 1420 g/mol. The topological polar surface area (TPSA) is 257 Å². The Morgan fingerprint density at radius 1 is 0.755 bits per heavy atom. The van der Waals surface area contributed by atoms with E-state index in [1.54, 1.807) is 62.7 Å². The van der Waals surface area contributed by atoms with Gasteiger partial charge in [-0.3, -0.25) is 24.0 Å². The SMILES string of the molecule is CCCc1ccccc1/N=c1\ccc2c(-c3ccccc3S(=O)(=O)N3CCC(C(=O)NCCCCCCNC(=O)c4cc(C)c(C(=O)OCC(=O)[C@H](CCCCNC(=O)CC)n5cc([C@@](C)(NC(=O)c6ccsc6)C(C)C)nn5)c(C)c4)CC3)c3ccc(N4CCc5ccccc54)cc3oc-2c1. The number of esters is 1. The quantitative estimate of drug-likeness (QED) is 0.0179. The Balaban J connectivity index is 0.655. The fourth-order valence-electron chi connectivity index (χ4n) is 13.8. The molecule has 3 aliphatic heterocycles. The van der Waals surface area contributed by atoms with Crippen molar-refractivity contribution in [3.63, 3.8) is 0 Å². The van der Waals surface area contributed by atoms with Crippen LogP contribution < -0.4 is 31.5 Å². The van der Waals surface area contributed by atoms with E-state index in [2.05, 4.69) is 85.9 Å². The van der Waals surface area contributed by atoms with E-state index in [0.29, 0.717) is 109 Å². The summed E-state index contributed by atoms with van der Waals surface area (Å²) >= 11 is 1.42. The van der Waals surface area contributed by atoms with E-state index in [9.17, 15) is 28.8 Å². The van der Waals surface area contributed by atoms with Gasteiger partial charge in [0.05, 0.1) is 38.8 Å². The van der Waals surface area contributed by atoms with Gasteiger partial charge in [-0.05, 0) is 173 Å². The van der Waals surface area contributed by atoms with Crippen LogP contribution in [0.15, 0.2) is 159 Å². The molecule has 1 saturated heterocycles. The Hall–Kier alpha value is -9.64. The number of anilines is 2. The maximum atomic E-state index is 15.0. The summed E-state index contributed by atoms with van der Waals surface area (Å²) in [5.41, 5.74) is 9.84. The zero-order valence-electron chi connectivity index (χ0n) is 59.3. The van der Waals surface area contributed by atoms with Crippen LogP contribution in [0.25, 0.3) is 33.4 Å². The van der Waals surface area contributed by atoms with Crippen LogP contribution in [0.3, 0.4) is 0 Å². The third kappa shape index (κ3) is 16.9.